The van der Waals surface area contributed by atoms with Crippen molar-refractivity contribution in [2.24, 2.45) is 0 Å². The molecule has 0 aliphatic carbocycles. The molecule has 0 atom stereocenters. The third kappa shape index (κ3) is 3.37. The van der Waals surface area contributed by atoms with Gasteiger partial charge in [-0.15, -0.1) is 11.6 Å². The van der Waals surface area contributed by atoms with Crippen LogP contribution in [0.4, 0.5) is 0 Å². The minimum atomic E-state index is 0.687. The zero-order valence-corrected chi connectivity index (χ0v) is 10.7. The number of aryl methyl sites for hydroxylation is 2. The van der Waals surface area contributed by atoms with E-state index in [1.54, 1.807) is 0 Å². The number of rotatable bonds is 6. The van der Waals surface area contributed by atoms with Crippen LogP contribution in [-0.2, 0) is 13.1 Å². The Morgan fingerprint density at radius 2 is 2.20 bits per heavy atom. The molecular formula is C10H17Cl2N3. The van der Waals surface area contributed by atoms with Crippen molar-refractivity contribution in [1.29, 1.82) is 0 Å². The van der Waals surface area contributed by atoms with Crippen molar-refractivity contribution in [3.8, 4) is 0 Å². The van der Waals surface area contributed by atoms with E-state index in [9.17, 15) is 0 Å². The van der Waals surface area contributed by atoms with E-state index in [0.717, 1.165) is 42.5 Å². The van der Waals surface area contributed by atoms with Gasteiger partial charge in [-0.1, -0.05) is 11.6 Å². The fraction of sp³-hybridized carbons (Fsp3) is 0.700. The predicted molar refractivity (Wildman–Crippen MR) is 64.7 cm³/mol. The molecule has 0 radical (unpaired) electrons. The van der Waals surface area contributed by atoms with Crippen LogP contribution in [0, 0.1) is 6.92 Å². The molecule has 86 valence electrons. The molecule has 1 aromatic heterocycles. The molecule has 0 spiro atoms. The van der Waals surface area contributed by atoms with Crippen molar-refractivity contribution in [2.75, 3.05) is 12.4 Å². The van der Waals surface area contributed by atoms with Gasteiger partial charge >= 0.3 is 0 Å². The van der Waals surface area contributed by atoms with Crippen molar-refractivity contribution < 1.29 is 0 Å². The first-order valence-electron chi connectivity index (χ1n) is 5.19. The highest BCUT2D eigenvalue weighted by Crippen LogP contribution is 2.19. The number of halogens is 2. The van der Waals surface area contributed by atoms with Crippen LogP contribution in [0.25, 0.3) is 0 Å². The molecule has 0 saturated heterocycles. The second kappa shape index (κ2) is 6.36. The van der Waals surface area contributed by atoms with Crippen molar-refractivity contribution >= 4 is 23.2 Å². The summed E-state index contributed by atoms with van der Waals surface area (Å²) in [7, 11) is 0. The summed E-state index contributed by atoms with van der Waals surface area (Å²) < 4.78 is 1.94. The molecule has 0 unspecified atom stereocenters. The van der Waals surface area contributed by atoms with Gasteiger partial charge in [-0.3, -0.25) is 4.68 Å². The Hall–Kier alpha value is -0.250. The molecule has 0 amide bonds. The van der Waals surface area contributed by atoms with Gasteiger partial charge in [0, 0.05) is 19.0 Å². The lowest BCUT2D eigenvalue weighted by atomic mass is 10.3. The monoisotopic (exact) mass is 249 g/mol. The number of alkyl halides is 1. The van der Waals surface area contributed by atoms with Crippen LogP contribution in [0.3, 0.4) is 0 Å². The average molecular weight is 250 g/mol. The molecule has 1 rings (SSSR count). The van der Waals surface area contributed by atoms with Crippen LogP contribution < -0.4 is 5.32 Å². The summed E-state index contributed by atoms with van der Waals surface area (Å²) >= 11 is 11.7. The zero-order valence-electron chi connectivity index (χ0n) is 9.19. The fourth-order valence-electron chi connectivity index (χ4n) is 1.44. The van der Waals surface area contributed by atoms with E-state index in [0.29, 0.717) is 5.88 Å². The van der Waals surface area contributed by atoms with Gasteiger partial charge in [0.1, 0.15) is 0 Å². The molecule has 0 aliphatic heterocycles. The van der Waals surface area contributed by atoms with Crippen molar-refractivity contribution in [3.63, 3.8) is 0 Å². The molecule has 1 aromatic rings. The molecule has 5 heteroatoms. The molecule has 0 bridgehead atoms. The lowest BCUT2D eigenvalue weighted by Crippen LogP contribution is -2.18. The van der Waals surface area contributed by atoms with Crippen LogP contribution in [-0.4, -0.2) is 22.2 Å². The summed E-state index contributed by atoms with van der Waals surface area (Å²) in [6.07, 6.45) is 0.971. The molecule has 0 fully saturated rings. The Morgan fingerprint density at radius 1 is 1.47 bits per heavy atom. The van der Waals surface area contributed by atoms with Gasteiger partial charge in [0.2, 0.25) is 0 Å². The van der Waals surface area contributed by atoms with Crippen LogP contribution in [0.5, 0.6) is 0 Å². The topological polar surface area (TPSA) is 29.9 Å². The van der Waals surface area contributed by atoms with Gasteiger partial charge in [0.15, 0.2) is 0 Å². The van der Waals surface area contributed by atoms with Gasteiger partial charge in [-0.05, 0) is 26.8 Å². The highest BCUT2D eigenvalue weighted by Gasteiger charge is 2.11. The maximum atomic E-state index is 6.16. The van der Waals surface area contributed by atoms with E-state index < -0.39 is 0 Å². The summed E-state index contributed by atoms with van der Waals surface area (Å²) in [5.41, 5.74) is 1.96. The first-order chi connectivity index (χ1) is 7.20. The summed E-state index contributed by atoms with van der Waals surface area (Å²) in [5, 5.41) is 8.42. The maximum Gasteiger partial charge on any atom is 0.0860 e. The fourth-order valence-corrected chi connectivity index (χ4v) is 1.77. The Balaban J connectivity index is 2.58. The predicted octanol–water partition coefficient (Wildman–Crippen LogP) is 2.58. The first kappa shape index (κ1) is 12.8. The Morgan fingerprint density at radius 3 is 2.80 bits per heavy atom. The van der Waals surface area contributed by atoms with E-state index in [1.165, 1.54) is 0 Å². The normalized spacial score (nSPS) is 10.9. The first-order valence-corrected chi connectivity index (χ1v) is 6.10. The number of aromatic nitrogens is 2. The van der Waals surface area contributed by atoms with E-state index in [4.69, 9.17) is 23.2 Å². The minimum absolute atomic E-state index is 0.687. The summed E-state index contributed by atoms with van der Waals surface area (Å²) in [5.74, 6) is 0.687. The molecule has 0 saturated carbocycles. The number of hydrogen-bond donors (Lipinski definition) is 1. The Bertz CT molecular complexity index is 310. The zero-order chi connectivity index (χ0) is 11.3. The highest BCUT2D eigenvalue weighted by atomic mass is 35.5. The van der Waals surface area contributed by atoms with Gasteiger partial charge in [0.05, 0.1) is 16.4 Å². The van der Waals surface area contributed by atoms with E-state index in [-0.39, 0.29) is 0 Å². The van der Waals surface area contributed by atoms with Crippen molar-refractivity contribution in [2.45, 2.75) is 33.4 Å². The van der Waals surface area contributed by atoms with Crippen molar-refractivity contribution in [1.82, 2.24) is 15.1 Å². The second-order valence-electron chi connectivity index (χ2n) is 3.38. The van der Waals surface area contributed by atoms with Crippen molar-refractivity contribution in [3.05, 3.63) is 16.4 Å². The number of hydrogen-bond acceptors (Lipinski definition) is 2. The van der Waals surface area contributed by atoms with Gasteiger partial charge in [0.25, 0.3) is 0 Å². The second-order valence-corrected chi connectivity index (χ2v) is 4.14. The average Bonchev–Trinajstić information content (AvgIpc) is 2.51. The molecule has 0 aliphatic rings. The standard InChI is InChI=1S/C10H17Cl2N3/c1-3-15-9(7-13-6-4-5-11)10(12)8(2)14-15/h13H,3-7H2,1-2H3. The van der Waals surface area contributed by atoms with Gasteiger partial charge in [-0.25, -0.2) is 0 Å². The maximum absolute atomic E-state index is 6.16. The molecule has 0 aromatic carbocycles. The van der Waals surface area contributed by atoms with E-state index in [1.807, 2.05) is 11.6 Å². The largest absolute Gasteiger partial charge is 0.311 e. The quantitative estimate of drug-likeness (QED) is 0.621. The molecular weight excluding hydrogens is 233 g/mol. The smallest absolute Gasteiger partial charge is 0.0860 e. The van der Waals surface area contributed by atoms with E-state index >= 15 is 0 Å². The highest BCUT2D eigenvalue weighted by molar-refractivity contribution is 6.31. The van der Waals surface area contributed by atoms with Crippen LogP contribution in [0.1, 0.15) is 24.7 Å². The number of nitrogens with one attached hydrogen (secondary N) is 1. The molecule has 15 heavy (non-hydrogen) atoms. The third-order valence-corrected chi connectivity index (χ3v) is 2.99. The summed E-state index contributed by atoms with van der Waals surface area (Å²) in [4.78, 5) is 0. The lowest BCUT2D eigenvalue weighted by Gasteiger charge is -2.06. The molecule has 1 heterocycles. The summed E-state index contributed by atoms with van der Waals surface area (Å²) in [6.45, 7) is 6.50. The third-order valence-electron chi connectivity index (χ3n) is 2.23. The molecule has 3 nitrogen and oxygen atoms in total. The van der Waals surface area contributed by atoms with Gasteiger partial charge < -0.3 is 5.32 Å². The van der Waals surface area contributed by atoms with E-state index in [2.05, 4.69) is 17.3 Å². The summed E-state index contributed by atoms with van der Waals surface area (Å²) in [6, 6.07) is 0. The lowest BCUT2D eigenvalue weighted by molar-refractivity contribution is 0.578. The SMILES string of the molecule is CCn1nc(C)c(Cl)c1CNCCCCl. The van der Waals surface area contributed by atoms with Crippen LogP contribution >= 0.6 is 23.2 Å². The molecule has 1 N–H and O–H groups in total. The van der Waals surface area contributed by atoms with Gasteiger partial charge in [-0.2, -0.15) is 5.10 Å². The Labute approximate surface area is 101 Å². The Kier molecular flexibility index (Phi) is 5.43. The van der Waals surface area contributed by atoms with Crippen LogP contribution in [0.15, 0.2) is 0 Å². The van der Waals surface area contributed by atoms with Crippen LogP contribution in [0.2, 0.25) is 5.02 Å². The number of nitrogens with zero attached hydrogens (tertiary/aromatic N) is 2. The minimum Gasteiger partial charge on any atom is -0.311 e.